The van der Waals surface area contributed by atoms with Gasteiger partial charge in [-0.15, -0.1) is 11.3 Å². The first-order valence-corrected chi connectivity index (χ1v) is 10.7. The van der Waals surface area contributed by atoms with Gasteiger partial charge in [-0.1, -0.05) is 44.2 Å². The summed E-state index contributed by atoms with van der Waals surface area (Å²) < 4.78 is 10.6. The molecular weight excluding hydrogens is 398 g/mol. The van der Waals surface area contributed by atoms with Crippen LogP contribution < -0.4 is 20.1 Å². The Kier molecular flexibility index (Phi) is 7.43. The molecule has 0 radical (unpaired) electrons. The molecule has 1 atom stereocenters. The summed E-state index contributed by atoms with van der Waals surface area (Å²) in [6, 6.07) is 15.9. The highest BCUT2D eigenvalue weighted by Crippen LogP contribution is 2.33. The second-order valence-electron chi connectivity index (χ2n) is 7.17. The first-order valence-electron chi connectivity index (χ1n) is 9.78. The van der Waals surface area contributed by atoms with Gasteiger partial charge >= 0.3 is 0 Å². The Morgan fingerprint density at radius 1 is 1.07 bits per heavy atom. The third-order valence-corrected chi connectivity index (χ3v) is 5.50. The van der Waals surface area contributed by atoms with Crippen LogP contribution in [-0.2, 0) is 4.79 Å². The average Bonchev–Trinajstić information content (AvgIpc) is 3.22. The molecule has 2 N–H and O–H groups in total. The molecular formula is C23H27N3O3S. The van der Waals surface area contributed by atoms with E-state index in [9.17, 15) is 4.79 Å². The molecule has 0 aliphatic rings. The number of nitrogens with zero attached hydrogens (tertiary/aromatic N) is 1. The maximum Gasteiger partial charge on any atom is 0.240 e. The topological polar surface area (TPSA) is 72.5 Å². The number of methoxy groups -OCH3 is 2. The second-order valence-corrected chi connectivity index (χ2v) is 8.03. The van der Waals surface area contributed by atoms with E-state index in [0.29, 0.717) is 22.5 Å². The van der Waals surface area contributed by atoms with Gasteiger partial charge in [0.05, 0.1) is 26.5 Å². The summed E-state index contributed by atoms with van der Waals surface area (Å²) in [6.45, 7) is 4.49. The Morgan fingerprint density at radius 2 is 1.80 bits per heavy atom. The lowest BCUT2D eigenvalue weighted by atomic mass is 9.96. The fourth-order valence-corrected chi connectivity index (χ4v) is 3.96. The molecule has 158 valence electrons. The highest BCUT2D eigenvalue weighted by Gasteiger charge is 2.17. The molecule has 7 heteroatoms. The summed E-state index contributed by atoms with van der Waals surface area (Å²) in [5.41, 5.74) is 2.84. The monoisotopic (exact) mass is 425 g/mol. The third-order valence-electron chi connectivity index (χ3n) is 4.74. The van der Waals surface area contributed by atoms with E-state index in [2.05, 4.69) is 41.6 Å². The molecule has 3 aromatic rings. The lowest BCUT2D eigenvalue weighted by Crippen LogP contribution is -2.33. The molecule has 30 heavy (non-hydrogen) atoms. The zero-order valence-corrected chi connectivity index (χ0v) is 18.5. The fraction of sp³-hybridized carbons (Fsp3) is 0.304. The average molecular weight is 426 g/mol. The minimum Gasteiger partial charge on any atom is -0.493 e. The maximum atomic E-state index is 12.5. The summed E-state index contributed by atoms with van der Waals surface area (Å²) in [5.74, 6) is 1.54. The van der Waals surface area contributed by atoms with Crippen LogP contribution in [0.2, 0.25) is 0 Å². The molecule has 1 aromatic heterocycles. The summed E-state index contributed by atoms with van der Waals surface area (Å²) in [4.78, 5) is 17.0. The highest BCUT2D eigenvalue weighted by atomic mass is 32.1. The number of aromatic nitrogens is 1. The Morgan fingerprint density at radius 3 is 2.47 bits per heavy atom. The van der Waals surface area contributed by atoms with E-state index in [-0.39, 0.29) is 18.5 Å². The lowest BCUT2D eigenvalue weighted by molar-refractivity contribution is -0.115. The van der Waals surface area contributed by atoms with Gasteiger partial charge < -0.3 is 20.1 Å². The number of hydrogen-bond donors (Lipinski definition) is 2. The van der Waals surface area contributed by atoms with Gasteiger partial charge in [0.25, 0.3) is 0 Å². The lowest BCUT2D eigenvalue weighted by Gasteiger charge is -2.22. The van der Waals surface area contributed by atoms with Crippen molar-refractivity contribution in [1.29, 1.82) is 0 Å². The Hall–Kier alpha value is -2.90. The van der Waals surface area contributed by atoms with E-state index in [4.69, 9.17) is 9.47 Å². The number of benzene rings is 2. The number of nitrogens with one attached hydrogen (secondary N) is 2. The molecule has 0 spiro atoms. The largest absolute Gasteiger partial charge is 0.493 e. The number of anilines is 1. The molecule has 1 heterocycles. The Bertz CT molecular complexity index is 973. The van der Waals surface area contributed by atoms with Crippen LogP contribution in [0.25, 0.3) is 11.3 Å². The minimum atomic E-state index is -0.121. The molecule has 0 unspecified atom stereocenters. The van der Waals surface area contributed by atoms with Crippen molar-refractivity contribution in [2.75, 3.05) is 26.1 Å². The molecule has 0 saturated carbocycles. The van der Waals surface area contributed by atoms with Gasteiger partial charge in [-0.05, 0) is 29.7 Å². The summed E-state index contributed by atoms with van der Waals surface area (Å²) in [7, 11) is 3.20. The van der Waals surface area contributed by atoms with Crippen molar-refractivity contribution in [2.45, 2.75) is 19.9 Å². The molecule has 0 aliphatic carbocycles. The Balaban J connectivity index is 1.62. The van der Waals surface area contributed by atoms with Crippen molar-refractivity contribution in [1.82, 2.24) is 10.3 Å². The summed E-state index contributed by atoms with van der Waals surface area (Å²) in [5, 5.41) is 8.71. The third kappa shape index (κ3) is 5.37. The predicted molar refractivity (Wildman–Crippen MR) is 121 cm³/mol. The zero-order valence-electron chi connectivity index (χ0n) is 17.6. The molecule has 3 rings (SSSR count). The van der Waals surface area contributed by atoms with Crippen LogP contribution in [0.3, 0.4) is 0 Å². The molecule has 0 bridgehead atoms. The number of amides is 1. The normalized spacial score (nSPS) is 11.9. The van der Waals surface area contributed by atoms with Crippen molar-refractivity contribution < 1.29 is 14.3 Å². The predicted octanol–water partition coefficient (Wildman–Crippen LogP) is 4.75. The maximum absolute atomic E-state index is 12.5. The fourth-order valence-electron chi connectivity index (χ4n) is 3.22. The van der Waals surface area contributed by atoms with Gasteiger partial charge in [-0.2, -0.15) is 0 Å². The zero-order chi connectivity index (χ0) is 21.5. The number of carbonyl (C=O) groups is 1. The molecule has 0 fully saturated rings. The van der Waals surface area contributed by atoms with Crippen LogP contribution in [0, 0.1) is 5.92 Å². The van der Waals surface area contributed by atoms with Crippen LogP contribution in [0.5, 0.6) is 11.5 Å². The van der Waals surface area contributed by atoms with Crippen molar-refractivity contribution >= 4 is 22.4 Å². The van der Waals surface area contributed by atoms with E-state index in [1.54, 1.807) is 14.2 Å². The van der Waals surface area contributed by atoms with E-state index in [1.807, 2.05) is 41.8 Å². The smallest absolute Gasteiger partial charge is 0.240 e. The van der Waals surface area contributed by atoms with Crippen LogP contribution in [-0.4, -0.2) is 31.7 Å². The van der Waals surface area contributed by atoms with Gasteiger partial charge in [0, 0.05) is 17.0 Å². The van der Waals surface area contributed by atoms with Crippen LogP contribution in [0.1, 0.15) is 25.5 Å². The summed E-state index contributed by atoms with van der Waals surface area (Å²) >= 11 is 1.39. The first kappa shape index (κ1) is 21.8. The second kappa shape index (κ2) is 10.2. The number of rotatable bonds is 9. The molecule has 0 aliphatic heterocycles. The number of ether oxygens (including phenoxy) is 2. The number of hydrogen-bond acceptors (Lipinski definition) is 6. The van der Waals surface area contributed by atoms with E-state index in [1.165, 1.54) is 16.9 Å². The minimum absolute atomic E-state index is 0.107. The van der Waals surface area contributed by atoms with Crippen LogP contribution >= 0.6 is 11.3 Å². The van der Waals surface area contributed by atoms with Crippen molar-refractivity contribution in [3.05, 3.63) is 59.5 Å². The van der Waals surface area contributed by atoms with Crippen molar-refractivity contribution in [3.8, 4) is 22.8 Å². The van der Waals surface area contributed by atoms with Crippen LogP contribution in [0.15, 0.2) is 53.9 Å². The highest BCUT2D eigenvalue weighted by molar-refractivity contribution is 7.14. The first-order chi connectivity index (χ1) is 14.5. The number of carbonyl (C=O) groups excluding carboxylic acids is 1. The van der Waals surface area contributed by atoms with Crippen molar-refractivity contribution in [2.24, 2.45) is 5.92 Å². The van der Waals surface area contributed by atoms with Gasteiger partial charge in [0.2, 0.25) is 5.91 Å². The quantitative estimate of drug-likeness (QED) is 0.517. The van der Waals surface area contributed by atoms with E-state index < -0.39 is 0 Å². The van der Waals surface area contributed by atoms with Gasteiger partial charge in [0.15, 0.2) is 16.6 Å². The van der Waals surface area contributed by atoms with Crippen molar-refractivity contribution in [3.63, 3.8) is 0 Å². The molecule has 6 nitrogen and oxygen atoms in total. The molecule has 2 aromatic carbocycles. The van der Waals surface area contributed by atoms with Gasteiger partial charge in [0.1, 0.15) is 0 Å². The van der Waals surface area contributed by atoms with Gasteiger partial charge in [-0.3, -0.25) is 4.79 Å². The molecule has 1 amide bonds. The number of thiazole rings is 1. The van der Waals surface area contributed by atoms with Crippen LogP contribution in [0.4, 0.5) is 5.13 Å². The Labute approximate surface area is 181 Å². The van der Waals surface area contributed by atoms with E-state index in [0.717, 1.165) is 11.3 Å². The SMILES string of the molecule is COc1ccc(-c2csc(NC(=O)CN[C@H](c3ccccc3)C(C)C)n2)cc1OC. The summed E-state index contributed by atoms with van der Waals surface area (Å²) in [6.07, 6.45) is 0. The van der Waals surface area contributed by atoms with E-state index >= 15 is 0 Å². The standard InChI is InChI=1S/C23H27N3O3S/c1-15(2)22(16-8-6-5-7-9-16)24-13-21(27)26-23-25-18(14-30-23)17-10-11-19(28-3)20(12-17)29-4/h5-12,14-15,22,24H,13H2,1-4H3,(H,25,26,27)/t22-/m0/s1. The van der Waals surface area contributed by atoms with Gasteiger partial charge in [-0.25, -0.2) is 4.98 Å². The molecule has 0 saturated heterocycles.